The van der Waals surface area contributed by atoms with Gasteiger partial charge in [-0.3, -0.25) is 9.78 Å². The van der Waals surface area contributed by atoms with E-state index in [2.05, 4.69) is 20.1 Å². The van der Waals surface area contributed by atoms with E-state index in [4.69, 9.17) is 0 Å². The maximum Gasteiger partial charge on any atom is 0.433 e. The third kappa shape index (κ3) is 4.24. The van der Waals surface area contributed by atoms with Crippen LogP contribution in [0.4, 0.5) is 13.2 Å². The maximum atomic E-state index is 13.6. The van der Waals surface area contributed by atoms with Gasteiger partial charge in [0.25, 0.3) is 5.91 Å². The van der Waals surface area contributed by atoms with Gasteiger partial charge in [0.1, 0.15) is 11.4 Å². The van der Waals surface area contributed by atoms with E-state index in [1.54, 1.807) is 37.9 Å². The first-order valence-electron chi connectivity index (χ1n) is 10.2. The minimum Gasteiger partial charge on any atom is -0.337 e. The number of aryl methyl sites for hydroxylation is 1. The highest BCUT2D eigenvalue weighted by atomic mass is 19.4. The van der Waals surface area contributed by atoms with Crippen LogP contribution in [0.15, 0.2) is 24.5 Å². The van der Waals surface area contributed by atoms with Gasteiger partial charge in [-0.1, -0.05) is 13.8 Å². The van der Waals surface area contributed by atoms with Crippen molar-refractivity contribution in [1.29, 1.82) is 0 Å². The Morgan fingerprint density at radius 3 is 2.42 bits per heavy atom. The molecule has 0 radical (unpaired) electrons. The molecule has 1 aliphatic rings. The average Bonchev–Trinajstić information content (AvgIpc) is 3.16. The van der Waals surface area contributed by atoms with E-state index in [1.807, 2.05) is 0 Å². The molecular weight excluding hydrogens is 409 g/mol. The van der Waals surface area contributed by atoms with Crippen molar-refractivity contribution in [3.63, 3.8) is 0 Å². The summed E-state index contributed by atoms with van der Waals surface area (Å²) in [7, 11) is 0. The predicted octanol–water partition coefficient (Wildman–Crippen LogP) is 3.99. The van der Waals surface area contributed by atoms with Gasteiger partial charge >= 0.3 is 6.18 Å². The zero-order valence-corrected chi connectivity index (χ0v) is 17.5. The molecule has 10 heteroatoms. The van der Waals surface area contributed by atoms with E-state index in [-0.39, 0.29) is 29.1 Å². The number of halogens is 3. The lowest BCUT2D eigenvalue weighted by atomic mass is 9.93. The maximum absolute atomic E-state index is 13.6. The van der Waals surface area contributed by atoms with Crippen molar-refractivity contribution < 1.29 is 18.0 Å². The third-order valence-electron chi connectivity index (χ3n) is 5.55. The van der Waals surface area contributed by atoms with Gasteiger partial charge in [-0.05, 0) is 31.7 Å². The van der Waals surface area contributed by atoms with Gasteiger partial charge < -0.3 is 4.90 Å². The molecule has 0 aliphatic carbocycles. The molecule has 0 N–H and O–H groups in total. The van der Waals surface area contributed by atoms with E-state index in [0.29, 0.717) is 37.3 Å². The Morgan fingerprint density at radius 1 is 1.13 bits per heavy atom. The summed E-state index contributed by atoms with van der Waals surface area (Å²) in [5.74, 6) is -0.370. The molecule has 0 atom stereocenters. The molecule has 0 unspecified atom stereocenters. The SMILES string of the molecule is Cc1cnc(C(=O)N2CCC(c3cc4nc(C(C)C)cc(C(F)(F)F)n4n3)CC2)cn1. The topological polar surface area (TPSA) is 76.3 Å². The monoisotopic (exact) mass is 432 g/mol. The van der Waals surface area contributed by atoms with Gasteiger partial charge in [0, 0.05) is 37.0 Å². The first kappa shape index (κ1) is 21.2. The Morgan fingerprint density at radius 2 is 1.84 bits per heavy atom. The normalized spacial score (nSPS) is 15.8. The van der Waals surface area contributed by atoms with Gasteiger partial charge in [-0.15, -0.1) is 0 Å². The van der Waals surface area contributed by atoms with Gasteiger partial charge in [-0.2, -0.15) is 18.3 Å². The first-order chi connectivity index (χ1) is 14.6. The summed E-state index contributed by atoms with van der Waals surface area (Å²) >= 11 is 0. The van der Waals surface area contributed by atoms with Crippen molar-refractivity contribution in [2.24, 2.45) is 0 Å². The Balaban J connectivity index is 1.55. The van der Waals surface area contributed by atoms with Gasteiger partial charge in [-0.25, -0.2) is 14.5 Å². The number of likely N-dealkylation sites (tertiary alicyclic amines) is 1. The lowest BCUT2D eigenvalue weighted by Gasteiger charge is -2.30. The molecule has 31 heavy (non-hydrogen) atoms. The van der Waals surface area contributed by atoms with Gasteiger partial charge in [0.2, 0.25) is 0 Å². The molecule has 3 aromatic rings. The third-order valence-corrected chi connectivity index (χ3v) is 5.55. The van der Waals surface area contributed by atoms with Crippen molar-refractivity contribution >= 4 is 11.6 Å². The summed E-state index contributed by atoms with van der Waals surface area (Å²) in [6.45, 7) is 6.36. The standard InChI is InChI=1S/C21H23F3N6O/c1-12(2)15-8-18(21(22,23)24)30-19(27-15)9-16(28-30)14-4-6-29(7-5-14)20(31)17-11-25-13(3)10-26-17/h8-12,14H,4-7H2,1-3H3. The molecule has 4 heterocycles. The van der Waals surface area contributed by atoms with Crippen LogP contribution in [0.5, 0.6) is 0 Å². The van der Waals surface area contributed by atoms with Crippen LogP contribution >= 0.6 is 0 Å². The molecule has 7 nitrogen and oxygen atoms in total. The largest absolute Gasteiger partial charge is 0.433 e. The summed E-state index contributed by atoms with van der Waals surface area (Å²) in [6, 6.07) is 2.70. The number of hydrogen-bond donors (Lipinski definition) is 0. The Bertz CT molecular complexity index is 1100. The second-order valence-corrected chi connectivity index (χ2v) is 8.17. The molecular formula is C21H23F3N6O. The molecule has 0 spiro atoms. The fourth-order valence-corrected chi connectivity index (χ4v) is 3.75. The highest BCUT2D eigenvalue weighted by Crippen LogP contribution is 2.33. The Hall–Kier alpha value is -3.04. The number of amides is 1. The molecule has 0 bridgehead atoms. The summed E-state index contributed by atoms with van der Waals surface area (Å²) in [5, 5.41) is 4.25. The van der Waals surface area contributed by atoms with E-state index >= 15 is 0 Å². The molecule has 0 saturated carbocycles. The van der Waals surface area contributed by atoms with Crippen molar-refractivity contribution in [2.45, 2.75) is 51.6 Å². The quantitative estimate of drug-likeness (QED) is 0.626. The van der Waals surface area contributed by atoms with Crippen molar-refractivity contribution in [3.8, 4) is 0 Å². The van der Waals surface area contributed by atoms with E-state index in [9.17, 15) is 18.0 Å². The number of piperidine rings is 1. The number of carbonyl (C=O) groups excluding carboxylic acids is 1. The summed E-state index contributed by atoms with van der Waals surface area (Å²) < 4.78 is 41.7. The lowest BCUT2D eigenvalue weighted by molar-refractivity contribution is -0.142. The number of aromatic nitrogens is 5. The zero-order chi connectivity index (χ0) is 22.3. The average molecular weight is 432 g/mol. The molecule has 1 amide bonds. The highest BCUT2D eigenvalue weighted by molar-refractivity contribution is 5.92. The first-order valence-corrected chi connectivity index (χ1v) is 10.2. The van der Waals surface area contributed by atoms with Crippen LogP contribution in [0.1, 0.15) is 71.8 Å². The fourth-order valence-electron chi connectivity index (χ4n) is 3.75. The Kier molecular flexibility index (Phi) is 5.40. The highest BCUT2D eigenvalue weighted by Gasteiger charge is 2.36. The minimum atomic E-state index is -4.53. The minimum absolute atomic E-state index is 0.0431. The smallest absolute Gasteiger partial charge is 0.337 e. The second-order valence-electron chi connectivity index (χ2n) is 8.17. The molecule has 1 aliphatic heterocycles. The summed E-state index contributed by atoms with van der Waals surface area (Å²) in [5.41, 5.74) is 1.35. The molecule has 4 rings (SSSR count). The number of rotatable bonds is 3. The van der Waals surface area contributed by atoms with Crippen LogP contribution in [-0.2, 0) is 6.18 Å². The van der Waals surface area contributed by atoms with Crippen LogP contribution in [0, 0.1) is 6.92 Å². The number of nitrogens with zero attached hydrogens (tertiary/aromatic N) is 6. The number of hydrogen-bond acceptors (Lipinski definition) is 5. The Labute approximate surface area is 177 Å². The van der Waals surface area contributed by atoms with E-state index in [0.717, 1.165) is 16.3 Å². The van der Waals surface area contributed by atoms with Crippen molar-refractivity contribution in [2.75, 3.05) is 13.1 Å². The predicted molar refractivity (Wildman–Crippen MR) is 107 cm³/mol. The van der Waals surface area contributed by atoms with E-state index < -0.39 is 11.9 Å². The van der Waals surface area contributed by atoms with Gasteiger partial charge in [0.15, 0.2) is 5.65 Å². The molecule has 0 aromatic carbocycles. The van der Waals surface area contributed by atoms with Crippen LogP contribution < -0.4 is 0 Å². The number of fused-ring (bicyclic) bond motifs is 1. The molecule has 164 valence electrons. The van der Waals surface area contributed by atoms with E-state index in [1.165, 1.54) is 6.20 Å². The van der Waals surface area contributed by atoms with Crippen LogP contribution in [0.2, 0.25) is 0 Å². The second kappa shape index (κ2) is 7.90. The summed E-state index contributed by atoms with van der Waals surface area (Å²) in [4.78, 5) is 26.9. The zero-order valence-electron chi connectivity index (χ0n) is 17.5. The lowest BCUT2D eigenvalue weighted by Crippen LogP contribution is -2.38. The van der Waals surface area contributed by atoms with Crippen LogP contribution in [0.3, 0.4) is 0 Å². The van der Waals surface area contributed by atoms with Crippen LogP contribution in [0.25, 0.3) is 5.65 Å². The molecule has 1 saturated heterocycles. The number of carbonyl (C=O) groups is 1. The number of alkyl halides is 3. The fraction of sp³-hybridized carbons (Fsp3) is 0.476. The van der Waals surface area contributed by atoms with Gasteiger partial charge in [0.05, 0.1) is 17.6 Å². The van der Waals surface area contributed by atoms with Crippen LogP contribution in [-0.4, -0.2) is 48.5 Å². The summed E-state index contributed by atoms with van der Waals surface area (Å²) in [6.07, 6.45) is -0.310. The van der Waals surface area contributed by atoms with Crippen molar-refractivity contribution in [1.82, 2.24) is 29.5 Å². The molecule has 3 aromatic heterocycles. The van der Waals surface area contributed by atoms with Crippen molar-refractivity contribution in [3.05, 3.63) is 53.0 Å². The molecule has 1 fully saturated rings.